The molecule has 5 rings (SSSR count). The van der Waals surface area contributed by atoms with Crippen LogP contribution in [-0.2, 0) is 28.5 Å². The Kier molecular flexibility index (Phi) is 9.93. The predicted molar refractivity (Wildman–Crippen MR) is 151 cm³/mol. The largest absolute Gasteiger partial charge is 0.459 e. The molecule has 1 aliphatic carbocycles. The van der Waals surface area contributed by atoms with E-state index in [1.54, 1.807) is 66.7 Å². The fraction of sp³-hybridized carbons (Fsp3) is 0.333. The smallest absolute Gasteiger partial charge is 0.338 e. The van der Waals surface area contributed by atoms with E-state index in [1.165, 1.54) is 24.3 Å². The Labute approximate surface area is 248 Å². The van der Waals surface area contributed by atoms with E-state index in [2.05, 4.69) is 0 Å². The van der Waals surface area contributed by atoms with Gasteiger partial charge in [-0.3, -0.25) is 4.79 Å². The fourth-order valence-corrected chi connectivity index (χ4v) is 5.02. The molecule has 1 heterocycles. The molecule has 0 radical (unpaired) electrons. The number of carbonyl (C=O) groups is 4. The molecular formula is C33H32O10. The molecule has 10 nitrogen and oxygen atoms in total. The number of ether oxygens (including phenoxy) is 5. The molecule has 3 aromatic carbocycles. The molecule has 3 aromatic rings. The highest BCUT2D eigenvalue weighted by molar-refractivity contribution is 5.95. The van der Waals surface area contributed by atoms with Crippen LogP contribution in [-0.4, -0.2) is 72.2 Å². The van der Waals surface area contributed by atoms with E-state index >= 15 is 0 Å². The molecule has 1 N–H and O–H groups in total. The standard InChI is InChI=1S/C33H32O10/c34-24-18-10-11-19-25(24)40-33-27(35)29(43-32(38)23-16-8-3-9-17-23)28(42-31(37)22-14-6-2-7-15-22)26(41-33)20-39-30(36)21-12-4-1-5-13-21/h1-9,12-17,24-26,28-29,33-34H,10-11,18-20H2/t24-,25+,26-,28-,29-,33-/m1/s1. The number of rotatable bonds is 9. The Hall–Kier alpha value is -4.38. The van der Waals surface area contributed by atoms with Crippen LogP contribution in [0.5, 0.6) is 0 Å². The Morgan fingerprint density at radius 3 is 1.79 bits per heavy atom. The third-order valence-corrected chi connectivity index (χ3v) is 7.33. The van der Waals surface area contributed by atoms with Gasteiger partial charge in [-0.25, -0.2) is 14.4 Å². The number of Topliss-reactive ketones (excluding diaryl/α,β-unsaturated/α-hetero) is 1. The van der Waals surface area contributed by atoms with Crippen LogP contribution in [0.4, 0.5) is 0 Å². The lowest BCUT2D eigenvalue weighted by Gasteiger charge is -2.40. The van der Waals surface area contributed by atoms with Gasteiger partial charge < -0.3 is 28.8 Å². The van der Waals surface area contributed by atoms with Gasteiger partial charge in [0.15, 0.2) is 6.10 Å². The highest BCUT2D eigenvalue weighted by Gasteiger charge is 2.52. The van der Waals surface area contributed by atoms with Crippen LogP contribution in [0, 0.1) is 0 Å². The van der Waals surface area contributed by atoms with Crippen molar-refractivity contribution >= 4 is 23.7 Å². The van der Waals surface area contributed by atoms with Crippen molar-refractivity contribution in [2.75, 3.05) is 6.61 Å². The molecule has 2 aliphatic rings. The average Bonchev–Trinajstić information content (AvgIpc) is 3.05. The van der Waals surface area contributed by atoms with E-state index in [0.717, 1.165) is 12.8 Å². The second kappa shape index (κ2) is 14.2. The van der Waals surface area contributed by atoms with Gasteiger partial charge in [-0.15, -0.1) is 0 Å². The first kappa shape index (κ1) is 30.1. The maximum absolute atomic E-state index is 13.8. The van der Waals surface area contributed by atoms with Crippen LogP contribution in [0.25, 0.3) is 0 Å². The summed E-state index contributed by atoms with van der Waals surface area (Å²) >= 11 is 0. The SMILES string of the molecule is O=C(OC[C@H]1O[C@@H](O[C@H]2CCCC[C@H]2O)C(=O)[C@@H](OC(=O)c2ccccc2)[C@@H]1OC(=O)c1ccccc1)c1ccccc1. The average molecular weight is 589 g/mol. The third-order valence-electron chi connectivity index (χ3n) is 7.33. The van der Waals surface area contributed by atoms with Crippen LogP contribution in [0.2, 0.25) is 0 Å². The molecule has 0 spiro atoms. The lowest BCUT2D eigenvalue weighted by atomic mass is 9.94. The van der Waals surface area contributed by atoms with Crippen molar-refractivity contribution in [3.05, 3.63) is 108 Å². The van der Waals surface area contributed by atoms with Gasteiger partial charge in [-0.05, 0) is 49.2 Å². The van der Waals surface area contributed by atoms with Crippen LogP contribution in [0.3, 0.4) is 0 Å². The van der Waals surface area contributed by atoms with E-state index in [0.29, 0.717) is 12.8 Å². The van der Waals surface area contributed by atoms with Gasteiger partial charge in [0, 0.05) is 0 Å². The van der Waals surface area contributed by atoms with Gasteiger partial charge in [0.05, 0.1) is 28.9 Å². The molecule has 10 heteroatoms. The molecule has 43 heavy (non-hydrogen) atoms. The molecule has 6 atom stereocenters. The number of ketones is 1. The Bertz CT molecular complexity index is 1390. The molecule has 0 aromatic heterocycles. The number of benzene rings is 3. The third kappa shape index (κ3) is 7.53. The monoisotopic (exact) mass is 588 g/mol. The molecule has 1 saturated carbocycles. The molecule has 0 bridgehead atoms. The highest BCUT2D eigenvalue weighted by atomic mass is 16.7. The molecule has 2 fully saturated rings. The second-order valence-corrected chi connectivity index (χ2v) is 10.3. The maximum Gasteiger partial charge on any atom is 0.338 e. The molecule has 1 aliphatic heterocycles. The van der Waals surface area contributed by atoms with Crippen molar-refractivity contribution in [3.8, 4) is 0 Å². The van der Waals surface area contributed by atoms with Gasteiger partial charge in [-0.2, -0.15) is 0 Å². The maximum atomic E-state index is 13.8. The summed E-state index contributed by atoms with van der Waals surface area (Å²) in [6.45, 7) is -0.458. The summed E-state index contributed by atoms with van der Waals surface area (Å²) in [7, 11) is 0. The Balaban J connectivity index is 1.45. The van der Waals surface area contributed by atoms with Crippen LogP contribution < -0.4 is 0 Å². The number of hydrogen-bond donors (Lipinski definition) is 1. The van der Waals surface area contributed by atoms with Crippen LogP contribution in [0.15, 0.2) is 91.0 Å². The second-order valence-electron chi connectivity index (χ2n) is 10.3. The van der Waals surface area contributed by atoms with E-state index in [4.69, 9.17) is 23.7 Å². The van der Waals surface area contributed by atoms with Crippen molar-refractivity contribution in [1.82, 2.24) is 0 Å². The van der Waals surface area contributed by atoms with Gasteiger partial charge in [0.2, 0.25) is 18.2 Å². The van der Waals surface area contributed by atoms with Crippen LogP contribution >= 0.6 is 0 Å². The normalized spacial score (nSPS) is 25.4. The molecule has 0 amide bonds. The lowest BCUT2D eigenvalue weighted by molar-refractivity contribution is -0.258. The summed E-state index contributed by atoms with van der Waals surface area (Å²) in [6, 6.07) is 24.3. The van der Waals surface area contributed by atoms with Gasteiger partial charge in [0.1, 0.15) is 12.7 Å². The van der Waals surface area contributed by atoms with E-state index < -0.39 is 67.1 Å². The highest BCUT2D eigenvalue weighted by Crippen LogP contribution is 2.30. The van der Waals surface area contributed by atoms with Gasteiger partial charge in [0.25, 0.3) is 0 Å². The number of carbonyl (C=O) groups excluding carboxylic acids is 4. The van der Waals surface area contributed by atoms with Crippen molar-refractivity contribution in [2.45, 2.75) is 62.5 Å². The minimum absolute atomic E-state index is 0.169. The van der Waals surface area contributed by atoms with E-state index in [9.17, 15) is 24.3 Å². The predicted octanol–water partition coefficient (Wildman–Crippen LogP) is 3.91. The molecule has 0 unspecified atom stereocenters. The van der Waals surface area contributed by atoms with Crippen LogP contribution in [0.1, 0.15) is 56.8 Å². The zero-order valence-corrected chi connectivity index (χ0v) is 23.3. The van der Waals surface area contributed by atoms with E-state index in [1.807, 2.05) is 0 Å². The summed E-state index contributed by atoms with van der Waals surface area (Å²) in [6.07, 6.45) is -4.96. The minimum Gasteiger partial charge on any atom is -0.459 e. The summed E-state index contributed by atoms with van der Waals surface area (Å²) in [5.74, 6) is -3.12. The number of aliphatic hydroxyl groups excluding tert-OH is 1. The Morgan fingerprint density at radius 1 is 0.721 bits per heavy atom. The zero-order chi connectivity index (χ0) is 30.2. The van der Waals surface area contributed by atoms with Gasteiger partial charge >= 0.3 is 17.9 Å². The molecule has 1 saturated heterocycles. The number of esters is 3. The molecule has 224 valence electrons. The van der Waals surface area contributed by atoms with Crippen molar-refractivity contribution in [1.29, 1.82) is 0 Å². The summed E-state index contributed by atoms with van der Waals surface area (Å²) < 4.78 is 28.8. The first-order valence-corrected chi connectivity index (χ1v) is 14.2. The summed E-state index contributed by atoms with van der Waals surface area (Å²) in [5, 5.41) is 10.5. The molecular weight excluding hydrogens is 556 g/mol. The van der Waals surface area contributed by atoms with Crippen molar-refractivity contribution < 1.29 is 48.0 Å². The minimum atomic E-state index is -1.67. The summed E-state index contributed by atoms with van der Waals surface area (Å²) in [5.41, 5.74) is 0.631. The lowest BCUT2D eigenvalue weighted by Crippen LogP contribution is -2.61. The first-order chi connectivity index (χ1) is 20.9. The topological polar surface area (TPSA) is 135 Å². The number of hydrogen-bond acceptors (Lipinski definition) is 10. The van der Waals surface area contributed by atoms with Crippen molar-refractivity contribution in [3.63, 3.8) is 0 Å². The first-order valence-electron chi connectivity index (χ1n) is 14.2. The fourth-order valence-electron chi connectivity index (χ4n) is 5.02. The quantitative estimate of drug-likeness (QED) is 0.290. The summed E-state index contributed by atoms with van der Waals surface area (Å²) in [4.78, 5) is 52.9. The number of aliphatic hydroxyl groups is 1. The zero-order valence-electron chi connectivity index (χ0n) is 23.3. The van der Waals surface area contributed by atoms with E-state index in [-0.39, 0.29) is 16.7 Å². The van der Waals surface area contributed by atoms with Crippen molar-refractivity contribution in [2.24, 2.45) is 0 Å². The van der Waals surface area contributed by atoms with Gasteiger partial charge in [-0.1, -0.05) is 67.4 Å². The Morgan fingerprint density at radius 2 is 1.23 bits per heavy atom.